The molecule has 4 aromatic rings. The standard InChI is InChI=1S/C22H22FN5O2S/c1-22(2,3)18-12-17(19-20(24)26-27-21(19)25-18)13-7-9-15(10-8-13)28-31(29,30)16-6-4-5-14(23)11-16/h4-12,28H,1-3H3,(H3,24,25,26,27). The number of fused-ring (bicyclic) bond motifs is 1. The maximum atomic E-state index is 13.4. The topological polar surface area (TPSA) is 114 Å². The fraction of sp³-hybridized carbons (Fsp3) is 0.182. The lowest BCUT2D eigenvalue weighted by atomic mass is 9.89. The highest BCUT2D eigenvalue weighted by atomic mass is 32.2. The van der Waals surface area contributed by atoms with Crippen LogP contribution in [0.15, 0.2) is 59.5 Å². The van der Waals surface area contributed by atoms with Gasteiger partial charge >= 0.3 is 0 Å². The molecule has 2 aromatic heterocycles. The lowest BCUT2D eigenvalue weighted by Gasteiger charge is -2.19. The lowest BCUT2D eigenvalue weighted by molar-refractivity contribution is 0.571. The van der Waals surface area contributed by atoms with Gasteiger partial charge in [-0.15, -0.1) is 0 Å². The molecule has 0 unspecified atom stereocenters. The van der Waals surface area contributed by atoms with Crippen molar-refractivity contribution in [2.24, 2.45) is 0 Å². The van der Waals surface area contributed by atoms with E-state index < -0.39 is 15.8 Å². The lowest BCUT2D eigenvalue weighted by Crippen LogP contribution is -2.14. The molecular formula is C22H22FN5O2S. The predicted molar refractivity (Wildman–Crippen MR) is 120 cm³/mol. The predicted octanol–water partition coefficient (Wildman–Crippen LogP) is 4.44. The normalized spacial score (nSPS) is 12.3. The molecule has 0 aliphatic heterocycles. The Kier molecular flexibility index (Phi) is 4.93. The summed E-state index contributed by atoms with van der Waals surface area (Å²) in [5.74, 6) is -0.277. The second kappa shape index (κ2) is 7.35. The number of nitrogens with zero attached hydrogens (tertiary/aromatic N) is 2. The number of benzene rings is 2. The van der Waals surface area contributed by atoms with Gasteiger partial charge in [0.2, 0.25) is 0 Å². The molecule has 0 fully saturated rings. The van der Waals surface area contributed by atoms with Crippen LogP contribution in [0.2, 0.25) is 0 Å². The van der Waals surface area contributed by atoms with Gasteiger partial charge in [0, 0.05) is 16.8 Å². The minimum Gasteiger partial charge on any atom is -0.382 e. The third-order valence-electron chi connectivity index (χ3n) is 4.88. The average Bonchev–Trinajstić information content (AvgIpc) is 3.08. The average molecular weight is 440 g/mol. The second-order valence-electron chi connectivity index (χ2n) is 8.28. The molecule has 160 valence electrons. The van der Waals surface area contributed by atoms with E-state index in [9.17, 15) is 12.8 Å². The van der Waals surface area contributed by atoms with Crippen molar-refractivity contribution in [1.82, 2.24) is 15.2 Å². The number of H-pyrrole nitrogens is 1. The van der Waals surface area contributed by atoms with E-state index in [-0.39, 0.29) is 10.3 Å². The summed E-state index contributed by atoms with van der Waals surface area (Å²) in [5, 5.41) is 7.66. The van der Waals surface area contributed by atoms with E-state index in [0.717, 1.165) is 22.9 Å². The molecule has 0 bridgehead atoms. The van der Waals surface area contributed by atoms with Crippen LogP contribution in [0.1, 0.15) is 26.5 Å². The first-order chi connectivity index (χ1) is 14.5. The highest BCUT2D eigenvalue weighted by Crippen LogP contribution is 2.35. The Labute approximate surface area is 179 Å². The number of aromatic nitrogens is 3. The molecule has 31 heavy (non-hydrogen) atoms. The number of sulfonamides is 1. The Morgan fingerprint density at radius 2 is 1.77 bits per heavy atom. The van der Waals surface area contributed by atoms with E-state index >= 15 is 0 Å². The molecule has 0 aliphatic rings. The van der Waals surface area contributed by atoms with Gasteiger partial charge in [-0.3, -0.25) is 9.82 Å². The van der Waals surface area contributed by atoms with Gasteiger partial charge in [0.15, 0.2) is 11.5 Å². The molecule has 9 heteroatoms. The van der Waals surface area contributed by atoms with Crippen LogP contribution >= 0.6 is 0 Å². The number of aromatic amines is 1. The number of rotatable bonds is 4. The minimum absolute atomic E-state index is 0.145. The number of hydrogen-bond acceptors (Lipinski definition) is 5. The highest BCUT2D eigenvalue weighted by molar-refractivity contribution is 7.92. The summed E-state index contributed by atoms with van der Waals surface area (Å²) < 4.78 is 40.9. The number of nitrogen functional groups attached to an aromatic ring is 1. The van der Waals surface area contributed by atoms with Gasteiger partial charge in [0.1, 0.15) is 5.82 Å². The number of nitrogens with one attached hydrogen (secondary N) is 2. The summed E-state index contributed by atoms with van der Waals surface area (Å²) in [4.78, 5) is 4.49. The van der Waals surface area contributed by atoms with Gasteiger partial charge in [0.05, 0.1) is 10.3 Å². The molecule has 0 saturated heterocycles. The third-order valence-corrected chi connectivity index (χ3v) is 6.26. The Bertz CT molecular complexity index is 1370. The molecule has 7 nitrogen and oxygen atoms in total. The summed E-state index contributed by atoms with van der Waals surface area (Å²) >= 11 is 0. The van der Waals surface area contributed by atoms with E-state index in [1.54, 1.807) is 24.3 Å². The first-order valence-electron chi connectivity index (χ1n) is 9.58. The van der Waals surface area contributed by atoms with Crippen LogP contribution in [0.5, 0.6) is 0 Å². The quantitative estimate of drug-likeness (QED) is 0.435. The summed E-state index contributed by atoms with van der Waals surface area (Å²) in [7, 11) is -3.91. The second-order valence-corrected chi connectivity index (χ2v) is 9.96. The van der Waals surface area contributed by atoms with Crippen molar-refractivity contribution in [3.8, 4) is 11.1 Å². The summed E-state index contributed by atoms with van der Waals surface area (Å²) in [6.07, 6.45) is 0. The van der Waals surface area contributed by atoms with Gasteiger partial charge in [-0.2, -0.15) is 5.10 Å². The van der Waals surface area contributed by atoms with E-state index in [4.69, 9.17) is 5.73 Å². The zero-order valence-corrected chi connectivity index (χ0v) is 18.1. The molecule has 0 amide bonds. The van der Waals surface area contributed by atoms with Crippen LogP contribution in [-0.4, -0.2) is 23.6 Å². The van der Waals surface area contributed by atoms with Crippen LogP contribution < -0.4 is 10.5 Å². The first-order valence-corrected chi connectivity index (χ1v) is 11.1. The zero-order chi connectivity index (χ0) is 22.4. The summed E-state index contributed by atoms with van der Waals surface area (Å²) in [6.45, 7) is 6.19. The maximum absolute atomic E-state index is 13.4. The molecular weight excluding hydrogens is 417 g/mol. The van der Waals surface area contributed by atoms with Crippen molar-refractivity contribution >= 4 is 32.6 Å². The largest absolute Gasteiger partial charge is 0.382 e. The van der Waals surface area contributed by atoms with Crippen molar-refractivity contribution in [2.75, 3.05) is 10.5 Å². The van der Waals surface area contributed by atoms with Crippen LogP contribution in [0.3, 0.4) is 0 Å². The molecule has 4 rings (SSSR count). The van der Waals surface area contributed by atoms with Crippen LogP contribution in [0.4, 0.5) is 15.9 Å². The number of halogens is 1. The van der Waals surface area contributed by atoms with Gasteiger partial charge in [-0.1, -0.05) is 39.0 Å². The van der Waals surface area contributed by atoms with Crippen molar-refractivity contribution in [1.29, 1.82) is 0 Å². The smallest absolute Gasteiger partial charge is 0.261 e. The van der Waals surface area contributed by atoms with E-state index in [1.165, 1.54) is 18.2 Å². The van der Waals surface area contributed by atoms with E-state index in [2.05, 4.69) is 40.7 Å². The third kappa shape index (κ3) is 4.09. The monoisotopic (exact) mass is 439 g/mol. The SMILES string of the molecule is CC(C)(C)c1cc(-c2ccc(NS(=O)(=O)c3cccc(F)c3)cc2)c2c(N)n[nH]c2n1. The van der Waals surface area contributed by atoms with E-state index in [1.807, 2.05) is 6.07 Å². The molecule has 0 atom stereocenters. The molecule has 0 spiro atoms. The molecule has 0 aliphatic carbocycles. The van der Waals surface area contributed by atoms with Gasteiger partial charge in [-0.25, -0.2) is 17.8 Å². The summed E-state index contributed by atoms with van der Waals surface area (Å²) in [5.41, 5.74) is 9.37. The molecule has 0 radical (unpaired) electrons. The van der Waals surface area contributed by atoms with Crippen LogP contribution in [0, 0.1) is 5.82 Å². The number of nitrogens with two attached hydrogens (primary N) is 1. The summed E-state index contributed by atoms with van der Waals surface area (Å²) in [6, 6.07) is 13.7. The van der Waals surface area contributed by atoms with E-state index in [0.29, 0.717) is 22.5 Å². The molecule has 2 heterocycles. The fourth-order valence-corrected chi connectivity index (χ4v) is 4.32. The van der Waals surface area contributed by atoms with Gasteiger partial charge in [0.25, 0.3) is 10.0 Å². The van der Waals surface area contributed by atoms with Crippen molar-refractivity contribution in [2.45, 2.75) is 31.1 Å². The first kappa shape index (κ1) is 20.8. The maximum Gasteiger partial charge on any atom is 0.261 e. The molecule has 4 N–H and O–H groups in total. The Morgan fingerprint density at radius 3 is 2.42 bits per heavy atom. The Balaban J connectivity index is 1.72. The van der Waals surface area contributed by atoms with Gasteiger partial charge in [-0.05, 0) is 47.5 Å². The Morgan fingerprint density at radius 1 is 1.06 bits per heavy atom. The number of pyridine rings is 1. The Hall–Kier alpha value is -3.46. The zero-order valence-electron chi connectivity index (χ0n) is 17.3. The molecule has 2 aromatic carbocycles. The van der Waals surface area contributed by atoms with Crippen molar-refractivity contribution in [3.05, 3.63) is 66.1 Å². The van der Waals surface area contributed by atoms with Gasteiger partial charge < -0.3 is 5.73 Å². The molecule has 0 saturated carbocycles. The number of anilines is 2. The number of hydrogen-bond donors (Lipinski definition) is 3. The van der Waals surface area contributed by atoms with Crippen molar-refractivity contribution in [3.63, 3.8) is 0 Å². The van der Waals surface area contributed by atoms with Crippen molar-refractivity contribution < 1.29 is 12.8 Å². The van der Waals surface area contributed by atoms with Crippen LogP contribution in [0.25, 0.3) is 22.2 Å². The fourth-order valence-electron chi connectivity index (χ4n) is 3.23. The minimum atomic E-state index is -3.91. The highest BCUT2D eigenvalue weighted by Gasteiger charge is 2.21. The van der Waals surface area contributed by atoms with Crippen LogP contribution in [-0.2, 0) is 15.4 Å².